The van der Waals surface area contributed by atoms with Crippen molar-refractivity contribution in [1.29, 1.82) is 0 Å². The Balaban J connectivity index is 1.78. The molecule has 0 spiro atoms. The summed E-state index contributed by atoms with van der Waals surface area (Å²) < 4.78 is 5.30. The summed E-state index contributed by atoms with van der Waals surface area (Å²) in [5.41, 5.74) is 6.20. The van der Waals surface area contributed by atoms with Gasteiger partial charge in [-0.2, -0.15) is 0 Å². The van der Waals surface area contributed by atoms with Crippen LogP contribution in [-0.2, 0) is 4.74 Å². The van der Waals surface area contributed by atoms with Crippen LogP contribution >= 0.6 is 12.2 Å². The van der Waals surface area contributed by atoms with E-state index < -0.39 is 0 Å². The molecule has 98 valence electrons. The minimum atomic E-state index is 0.326. The van der Waals surface area contributed by atoms with Crippen molar-refractivity contribution >= 4 is 23.0 Å². The second kappa shape index (κ2) is 6.63. The zero-order chi connectivity index (χ0) is 12.8. The van der Waals surface area contributed by atoms with E-state index >= 15 is 0 Å². The van der Waals surface area contributed by atoms with Crippen molar-refractivity contribution in [2.75, 3.05) is 44.7 Å². The molecule has 0 bridgehead atoms. The smallest absolute Gasteiger partial charge is 0.126 e. The number of thiocarbonyl (C=S) groups is 1. The average Bonchev–Trinajstić information content (AvgIpc) is 2.40. The van der Waals surface area contributed by atoms with Gasteiger partial charge >= 0.3 is 0 Å². The molecule has 1 fully saturated rings. The van der Waals surface area contributed by atoms with Crippen LogP contribution in [0, 0.1) is 0 Å². The summed E-state index contributed by atoms with van der Waals surface area (Å²) >= 11 is 4.90. The Hall–Kier alpha value is -1.24. The molecule has 0 amide bonds. The fraction of sp³-hybridized carbons (Fsp3) is 0.500. The van der Waals surface area contributed by atoms with Gasteiger partial charge in [-0.3, -0.25) is 4.90 Å². The number of aromatic nitrogens is 1. The Morgan fingerprint density at radius 3 is 2.94 bits per heavy atom. The number of anilines is 1. The third-order valence-corrected chi connectivity index (χ3v) is 3.05. The first-order chi connectivity index (χ1) is 8.75. The van der Waals surface area contributed by atoms with E-state index in [-0.39, 0.29) is 0 Å². The molecule has 1 aromatic heterocycles. The predicted octanol–water partition coefficient (Wildman–Crippen LogP) is 0.460. The lowest BCUT2D eigenvalue weighted by atomic mass is 10.3. The summed E-state index contributed by atoms with van der Waals surface area (Å²) in [6, 6.07) is 5.63. The molecule has 0 aliphatic carbocycles. The normalized spacial score (nSPS) is 16.4. The molecule has 0 aromatic carbocycles. The lowest BCUT2D eigenvalue weighted by molar-refractivity contribution is 0.0398. The Morgan fingerprint density at radius 1 is 1.44 bits per heavy atom. The molecule has 1 aromatic rings. The van der Waals surface area contributed by atoms with Crippen LogP contribution in [0.2, 0.25) is 0 Å². The van der Waals surface area contributed by atoms with Crippen molar-refractivity contribution in [3.63, 3.8) is 0 Å². The van der Waals surface area contributed by atoms with Crippen molar-refractivity contribution in [3.8, 4) is 0 Å². The van der Waals surface area contributed by atoms with Crippen LogP contribution in [0.1, 0.15) is 5.69 Å². The Bertz CT molecular complexity index is 407. The maximum Gasteiger partial charge on any atom is 0.126 e. The molecular formula is C12H18N4OS. The van der Waals surface area contributed by atoms with Gasteiger partial charge in [-0.25, -0.2) is 4.98 Å². The van der Waals surface area contributed by atoms with Gasteiger partial charge in [0.05, 0.1) is 18.9 Å². The number of ether oxygens (including phenoxy) is 1. The van der Waals surface area contributed by atoms with Crippen molar-refractivity contribution in [3.05, 3.63) is 23.9 Å². The van der Waals surface area contributed by atoms with Crippen LogP contribution in [0.5, 0.6) is 0 Å². The first kappa shape index (κ1) is 13.2. The van der Waals surface area contributed by atoms with E-state index in [4.69, 9.17) is 22.7 Å². The predicted molar refractivity (Wildman–Crippen MR) is 75.9 cm³/mol. The summed E-state index contributed by atoms with van der Waals surface area (Å²) in [6.45, 7) is 5.50. The number of nitrogens with one attached hydrogen (secondary N) is 1. The zero-order valence-electron chi connectivity index (χ0n) is 10.3. The van der Waals surface area contributed by atoms with E-state index in [9.17, 15) is 0 Å². The molecule has 5 nitrogen and oxygen atoms in total. The lowest BCUT2D eigenvalue weighted by Crippen LogP contribution is -2.39. The van der Waals surface area contributed by atoms with Crippen LogP contribution in [0.4, 0.5) is 5.82 Å². The molecule has 1 saturated heterocycles. The minimum absolute atomic E-state index is 0.326. The third kappa shape index (κ3) is 3.90. The number of rotatable bonds is 5. The molecule has 18 heavy (non-hydrogen) atoms. The fourth-order valence-electron chi connectivity index (χ4n) is 1.84. The van der Waals surface area contributed by atoms with Gasteiger partial charge in [0, 0.05) is 26.2 Å². The van der Waals surface area contributed by atoms with E-state index in [0.717, 1.165) is 45.2 Å². The second-order valence-corrected chi connectivity index (χ2v) is 4.59. The average molecular weight is 266 g/mol. The summed E-state index contributed by atoms with van der Waals surface area (Å²) in [5, 5.41) is 3.28. The SMILES string of the molecule is NC(=S)c1cccc(NCCN2CCOCC2)n1. The van der Waals surface area contributed by atoms with Crippen molar-refractivity contribution in [2.45, 2.75) is 0 Å². The Kier molecular flexibility index (Phi) is 4.86. The molecule has 1 aliphatic rings. The highest BCUT2D eigenvalue weighted by atomic mass is 32.1. The molecule has 2 heterocycles. The third-order valence-electron chi connectivity index (χ3n) is 2.84. The zero-order valence-corrected chi connectivity index (χ0v) is 11.1. The van der Waals surface area contributed by atoms with E-state index in [1.165, 1.54) is 0 Å². The van der Waals surface area contributed by atoms with Crippen molar-refractivity contribution in [1.82, 2.24) is 9.88 Å². The van der Waals surface area contributed by atoms with Gasteiger partial charge in [-0.05, 0) is 12.1 Å². The largest absolute Gasteiger partial charge is 0.388 e. The standard InChI is InChI=1S/C12H18N4OS/c13-12(18)10-2-1-3-11(15-10)14-4-5-16-6-8-17-9-7-16/h1-3H,4-9H2,(H2,13,18)(H,14,15). The van der Waals surface area contributed by atoms with Gasteiger partial charge < -0.3 is 15.8 Å². The topological polar surface area (TPSA) is 63.4 Å². The van der Waals surface area contributed by atoms with Crippen molar-refractivity contribution < 1.29 is 4.74 Å². The highest BCUT2D eigenvalue weighted by Crippen LogP contribution is 2.04. The van der Waals surface area contributed by atoms with Crippen LogP contribution in [0.15, 0.2) is 18.2 Å². The highest BCUT2D eigenvalue weighted by Gasteiger charge is 2.09. The van der Waals surface area contributed by atoms with Crippen LogP contribution in [0.3, 0.4) is 0 Å². The van der Waals surface area contributed by atoms with Gasteiger partial charge in [0.2, 0.25) is 0 Å². The van der Waals surface area contributed by atoms with Crippen LogP contribution < -0.4 is 11.1 Å². The molecule has 0 atom stereocenters. The van der Waals surface area contributed by atoms with E-state index in [0.29, 0.717) is 10.7 Å². The van der Waals surface area contributed by atoms with E-state index in [2.05, 4.69) is 15.2 Å². The van der Waals surface area contributed by atoms with Crippen LogP contribution in [-0.4, -0.2) is 54.3 Å². The number of nitrogens with zero attached hydrogens (tertiary/aromatic N) is 2. The quantitative estimate of drug-likeness (QED) is 0.755. The van der Waals surface area contributed by atoms with Gasteiger partial charge in [0.15, 0.2) is 0 Å². The first-order valence-corrected chi connectivity index (χ1v) is 6.47. The number of hydrogen-bond acceptors (Lipinski definition) is 5. The maximum absolute atomic E-state index is 5.55. The molecule has 0 saturated carbocycles. The second-order valence-electron chi connectivity index (χ2n) is 4.15. The van der Waals surface area contributed by atoms with Gasteiger partial charge in [-0.15, -0.1) is 0 Å². The molecule has 1 aliphatic heterocycles. The van der Waals surface area contributed by atoms with E-state index in [1.54, 1.807) is 0 Å². The molecule has 3 N–H and O–H groups in total. The number of nitrogens with two attached hydrogens (primary N) is 1. The minimum Gasteiger partial charge on any atom is -0.388 e. The highest BCUT2D eigenvalue weighted by molar-refractivity contribution is 7.80. The van der Waals surface area contributed by atoms with E-state index in [1.807, 2.05) is 18.2 Å². The first-order valence-electron chi connectivity index (χ1n) is 6.06. The van der Waals surface area contributed by atoms with Gasteiger partial charge in [0.25, 0.3) is 0 Å². The summed E-state index contributed by atoms with van der Waals surface area (Å²) in [7, 11) is 0. The molecule has 0 radical (unpaired) electrons. The molecule has 2 rings (SSSR count). The number of morpholine rings is 1. The summed E-state index contributed by atoms with van der Waals surface area (Å²) in [5.74, 6) is 0.813. The van der Waals surface area contributed by atoms with Crippen LogP contribution in [0.25, 0.3) is 0 Å². The molecule has 6 heteroatoms. The van der Waals surface area contributed by atoms with Gasteiger partial charge in [0.1, 0.15) is 10.8 Å². The fourth-order valence-corrected chi connectivity index (χ4v) is 1.95. The summed E-state index contributed by atoms with van der Waals surface area (Å²) in [6.07, 6.45) is 0. The maximum atomic E-state index is 5.55. The lowest BCUT2D eigenvalue weighted by Gasteiger charge is -2.26. The molecular weight excluding hydrogens is 248 g/mol. The van der Waals surface area contributed by atoms with Gasteiger partial charge in [-0.1, -0.05) is 18.3 Å². The summed E-state index contributed by atoms with van der Waals surface area (Å²) in [4.78, 5) is 7.03. The Morgan fingerprint density at radius 2 is 2.22 bits per heavy atom. The molecule has 0 unspecified atom stereocenters. The monoisotopic (exact) mass is 266 g/mol. The Labute approximate surface area is 112 Å². The number of hydrogen-bond donors (Lipinski definition) is 2. The number of pyridine rings is 1. The van der Waals surface area contributed by atoms with Crippen molar-refractivity contribution in [2.24, 2.45) is 5.73 Å².